The quantitative estimate of drug-likeness (QED) is 0.834. The molecule has 0 unspecified atom stereocenters. The summed E-state index contributed by atoms with van der Waals surface area (Å²) in [5.74, 6) is 1.52. The Morgan fingerprint density at radius 1 is 1.20 bits per heavy atom. The van der Waals surface area contributed by atoms with Gasteiger partial charge in [-0.15, -0.1) is 0 Å². The lowest BCUT2D eigenvalue weighted by atomic mass is 10.1. The van der Waals surface area contributed by atoms with Gasteiger partial charge in [0.1, 0.15) is 23.1 Å². The van der Waals surface area contributed by atoms with Crippen LogP contribution in [0.1, 0.15) is 11.1 Å². The second-order valence-electron chi connectivity index (χ2n) is 4.11. The Balaban J connectivity index is 2.22. The highest BCUT2D eigenvalue weighted by atomic mass is 79.9. The fourth-order valence-electron chi connectivity index (χ4n) is 1.76. The normalized spacial score (nSPS) is 10.1. The van der Waals surface area contributed by atoms with E-state index in [-0.39, 0.29) is 0 Å². The van der Waals surface area contributed by atoms with E-state index in [0.717, 1.165) is 27.1 Å². The minimum Gasteiger partial charge on any atom is -0.496 e. The molecule has 0 saturated carbocycles. The van der Waals surface area contributed by atoms with E-state index in [2.05, 4.69) is 15.9 Å². The van der Waals surface area contributed by atoms with Crippen LogP contribution in [-0.2, 0) is 6.61 Å². The molecule has 3 nitrogen and oxygen atoms in total. The molecule has 2 rings (SSSR count). The molecule has 0 fully saturated rings. The van der Waals surface area contributed by atoms with Gasteiger partial charge >= 0.3 is 0 Å². The first-order valence-electron chi connectivity index (χ1n) is 5.96. The Morgan fingerprint density at radius 3 is 2.60 bits per heavy atom. The van der Waals surface area contributed by atoms with Crippen LogP contribution in [-0.4, -0.2) is 12.1 Å². The van der Waals surface area contributed by atoms with Gasteiger partial charge in [-0.3, -0.25) is 0 Å². The summed E-state index contributed by atoms with van der Waals surface area (Å²) in [6.07, 6.45) is 0. The van der Waals surface area contributed by atoms with Crippen LogP contribution in [0.25, 0.3) is 0 Å². The maximum Gasteiger partial charge on any atom is 0.133 e. The van der Waals surface area contributed by atoms with Gasteiger partial charge in [-0.1, -0.05) is 24.4 Å². The summed E-state index contributed by atoms with van der Waals surface area (Å²) in [4.78, 5) is 0.356. The maximum absolute atomic E-state index is 5.79. The van der Waals surface area contributed by atoms with Crippen molar-refractivity contribution in [2.75, 3.05) is 7.11 Å². The molecule has 2 N–H and O–H groups in total. The van der Waals surface area contributed by atoms with Gasteiger partial charge in [0.05, 0.1) is 11.6 Å². The second kappa shape index (κ2) is 6.72. The van der Waals surface area contributed by atoms with Crippen molar-refractivity contribution in [3.8, 4) is 11.5 Å². The fraction of sp³-hybridized carbons (Fsp3) is 0.133. The molecule has 2 aromatic rings. The highest BCUT2D eigenvalue weighted by molar-refractivity contribution is 9.10. The molecule has 0 aliphatic heterocycles. The van der Waals surface area contributed by atoms with Gasteiger partial charge in [-0.25, -0.2) is 0 Å². The Kier molecular flexibility index (Phi) is 4.98. The van der Waals surface area contributed by atoms with Crippen molar-refractivity contribution in [2.45, 2.75) is 6.61 Å². The van der Waals surface area contributed by atoms with Crippen molar-refractivity contribution in [3.63, 3.8) is 0 Å². The largest absolute Gasteiger partial charge is 0.496 e. The lowest BCUT2D eigenvalue weighted by Gasteiger charge is -2.12. The van der Waals surface area contributed by atoms with Crippen LogP contribution < -0.4 is 15.2 Å². The van der Waals surface area contributed by atoms with Crippen LogP contribution in [0.3, 0.4) is 0 Å². The maximum atomic E-state index is 5.79. The molecule has 0 heterocycles. The van der Waals surface area contributed by atoms with Gasteiger partial charge < -0.3 is 15.2 Å². The number of benzene rings is 2. The fourth-order valence-corrected chi connectivity index (χ4v) is 2.29. The smallest absolute Gasteiger partial charge is 0.133 e. The molecule has 5 heteroatoms. The first kappa shape index (κ1) is 14.8. The van der Waals surface area contributed by atoms with Gasteiger partial charge in [0, 0.05) is 11.1 Å². The summed E-state index contributed by atoms with van der Waals surface area (Å²) >= 11 is 8.43. The summed E-state index contributed by atoms with van der Waals surface area (Å²) < 4.78 is 12.0. The van der Waals surface area contributed by atoms with E-state index in [1.165, 1.54) is 0 Å². The number of halogens is 1. The van der Waals surface area contributed by atoms with Crippen molar-refractivity contribution < 1.29 is 9.47 Å². The molecular weight excluding hydrogens is 338 g/mol. The summed E-state index contributed by atoms with van der Waals surface area (Å²) in [5, 5.41) is 0. The van der Waals surface area contributed by atoms with E-state index < -0.39 is 0 Å². The van der Waals surface area contributed by atoms with Gasteiger partial charge in [0.15, 0.2) is 0 Å². The van der Waals surface area contributed by atoms with Crippen molar-refractivity contribution in [3.05, 3.63) is 58.1 Å². The third-order valence-electron chi connectivity index (χ3n) is 2.78. The molecule has 0 atom stereocenters. The number of nitrogens with two attached hydrogens (primary N) is 1. The van der Waals surface area contributed by atoms with Crippen LogP contribution in [0.4, 0.5) is 0 Å². The molecule has 0 spiro atoms. The second-order valence-corrected chi connectivity index (χ2v) is 5.40. The Hall–Kier alpha value is -1.59. The molecule has 0 bridgehead atoms. The van der Waals surface area contributed by atoms with Crippen molar-refractivity contribution in [2.24, 2.45) is 5.73 Å². The van der Waals surface area contributed by atoms with Crippen molar-refractivity contribution in [1.82, 2.24) is 0 Å². The number of rotatable bonds is 5. The minimum atomic E-state index is 0.356. The predicted octanol–water partition coefficient (Wildman–Crippen LogP) is 3.67. The molecular formula is C15H14BrNO2S. The van der Waals surface area contributed by atoms with Crippen LogP contribution >= 0.6 is 28.1 Å². The van der Waals surface area contributed by atoms with E-state index >= 15 is 0 Å². The molecule has 0 aromatic heterocycles. The topological polar surface area (TPSA) is 44.5 Å². The number of ether oxygens (including phenoxy) is 2. The van der Waals surface area contributed by atoms with E-state index in [0.29, 0.717) is 11.6 Å². The van der Waals surface area contributed by atoms with Gasteiger partial charge in [0.2, 0.25) is 0 Å². The SMILES string of the molecule is COc1ccc(C(N)=S)cc1COc1ccccc1Br. The summed E-state index contributed by atoms with van der Waals surface area (Å²) in [5.41, 5.74) is 7.34. The molecule has 20 heavy (non-hydrogen) atoms. The predicted molar refractivity (Wildman–Crippen MR) is 87.4 cm³/mol. The lowest BCUT2D eigenvalue weighted by molar-refractivity contribution is 0.295. The zero-order chi connectivity index (χ0) is 14.5. The minimum absolute atomic E-state index is 0.356. The van der Waals surface area contributed by atoms with Crippen LogP contribution in [0, 0.1) is 0 Å². The Labute approximate surface area is 131 Å². The lowest BCUT2D eigenvalue weighted by Crippen LogP contribution is -2.10. The van der Waals surface area contributed by atoms with Crippen LogP contribution in [0.5, 0.6) is 11.5 Å². The highest BCUT2D eigenvalue weighted by Gasteiger charge is 2.08. The molecule has 0 saturated heterocycles. The third kappa shape index (κ3) is 3.49. The zero-order valence-electron chi connectivity index (χ0n) is 10.9. The molecule has 0 amide bonds. The molecule has 104 valence electrons. The number of thiocarbonyl (C=S) groups is 1. The average Bonchev–Trinajstić information content (AvgIpc) is 2.46. The third-order valence-corrected chi connectivity index (χ3v) is 3.68. The van der Waals surface area contributed by atoms with Gasteiger partial charge in [-0.2, -0.15) is 0 Å². The molecule has 0 aliphatic carbocycles. The number of methoxy groups -OCH3 is 1. The van der Waals surface area contributed by atoms with Crippen molar-refractivity contribution >= 4 is 33.1 Å². The van der Waals surface area contributed by atoms with Gasteiger partial charge in [0.25, 0.3) is 0 Å². The Morgan fingerprint density at radius 2 is 1.95 bits per heavy atom. The molecule has 0 radical (unpaired) electrons. The molecule has 2 aromatic carbocycles. The number of hydrogen-bond acceptors (Lipinski definition) is 3. The van der Waals surface area contributed by atoms with Gasteiger partial charge in [-0.05, 0) is 46.3 Å². The van der Waals surface area contributed by atoms with E-state index in [4.69, 9.17) is 27.4 Å². The zero-order valence-corrected chi connectivity index (χ0v) is 13.3. The average molecular weight is 352 g/mol. The summed E-state index contributed by atoms with van der Waals surface area (Å²) in [6, 6.07) is 13.2. The van der Waals surface area contributed by atoms with E-state index in [1.54, 1.807) is 7.11 Å². The number of hydrogen-bond donors (Lipinski definition) is 1. The monoisotopic (exact) mass is 351 g/mol. The van der Waals surface area contributed by atoms with E-state index in [1.807, 2.05) is 42.5 Å². The van der Waals surface area contributed by atoms with Crippen LogP contribution in [0.15, 0.2) is 46.9 Å². The number of para-hydroxylation sites is 1. The summed E-state index contributed by atoms with van der Waals surface area (Å²) in [6.45, 7) is 0.377. The molecule has 0 aliphatic rings. The Bertz CT molecular complexity index is 631. The van der Waals surface area contributed by atoms with Crippen LogP contribution in [0.2, 0.25) is 0 Å². The highest BCUT2D eigenvalue weighted by Crippen LogP contribution is 2.27. The standard InChI is InChI=1S/C15H14BrNO2S/c1-18-13-7-6-10(15(17)20)8-11(13)9-19-14-5-3-2-4-12(14)16/h2-8H,9H2,1H3,(H2,17,20). The first-order chi connectivity index (χ1) is 9.61. The van der Waals surface area contributed by atoms with E-state index in [9.17, 15) is 0 Å². The summed E-state index contributed by atoms with van der Waals surface area (Å²) in [7, 11) is 1.62. The first-order valence-corrected chi connectivity index (χ1v) is 7.16. The van der Waals surface area contributed by atoms with Crippen molar-refractivity contribution in [1.29, 1.82) is 0 Å².